The Morgan fingerprint density at radius 3 is 2.33 bits per heavy atom. The molecule has 1 aliphatic carbocycles. The molecule has 1 aromatic rings. The van der Waals surface area contributed by atoms with E-state index in [9.17, 15) is 4.79 Å². The molecule has 3 fully saturated rings. The molecule has 27 heavy (non-hydrogen) atoms. The number of piperidine rings is 1. The smallest absolute Gasteiger partial charge is 0.223 e. The van der Waals surface area contributed by atoms with Crippen LogP contribution in [0, 0.1) is 11.8 Å². The van der Waals surface area contributed by atoms with Gasteiger partial charge in [-0.15, -0.1) is 24.8 Å². The molecule has 6 heteroatoms. The van der Waals surface area contributed by atoms with Crippen LogP contribution in [0.3, 0.4) is 0 Å². The van der Waals surface area contributed by atoms with E-state index in [0.29, 0.717) is 30.6 Å². The van der Waals surface area contributed by atoms with Crippen molar-refractivity contribution in [1.29, 1.82) is 0 Å². The van der Waals surface area contributed by atoms with Gasteiger partial charge in [-0.25, -0.2) is 0 Å². The molecule has 0 spiro atoms. The fourth-order valence-corrected chi connectivity index (χ4v) is 5.42. The number of halogens is 2. The Bertz CT molecular complexity index is 586. The molecule has 0 radical (unpaired) electrons. The van der Waals surface area contributed by atoms with Crippen LogP contribution in [-0.2, 0) is 11.3 Å². The average molecular weight is 414 g/mol. The van der Waals surface area contributed by atoms with Crippen LogP contribution in [0.4, 0.5) is 0 Å². The molecule has 2 bridgehead atoms. The van der Waals surface area contributed by atoms with Crippen molar-refractivity contribution in [3.8, 4) is 0 Å². The zero-order valence-corrected chi connectivity index (χ0v) is 17.5. The second-order valence-electron chi connectivity index (χ2n) is 8.25. The van der Waals surface area contributed by atoms with Crippen molar-refractivity contribution < 1.29 is 4.79 Å². The van der Waals surface area contributed by atoms with E-state index in [1.807, 2.05) is 0 Å². The molecular formula is C21H33Cl2N3O. The van der Waals surface area contributed by atoms with Gasteiger partial charge in [-0.05, 0) is 56.6 Å². The molecule has 0 aromatic heterocycles. The number of rotatable bonds is 5. The van der Waals surface area contributed by atoms with Gasteiger partial charge in [-0.2, -0.15) is 0 Å². The number of carbonyl (C=O) groups is 1. The van der Waals surface area contributed by atoms with Crippen molar-refractivity contribution in [1.82, 2.24) is 10.2 Å². The maximum absolute atomic E-state index is 12.7. The van der Waals surface area contributed by atoms with Crippen molar-refractivity contribution in [3.05, 3.63) is 35.9 Å². The number of fused-ring (bicyclic) bond motifs is 2. The SMILES string of the molecule is Cl.Cl.NC[C@H]1CCC[C@H]1C(=O)NC1CC2CCC(C1)N2Cc1ccccc1. The molecule has 1 amide bonds. The second kappa shape index (κ2) is 10.1. The lowest BCUT2D eigenvalue weighted by molar-refractivity contribution is -0.127. The average Bonchev–Trinajstić information content (AvgIpc) is 3.19. The fourth-order valence-electron chi connectivity index (χ4n) is 5.42. The maximum atomic E-state index is 12.7. The monoisotopic (exact) mass is 413 g/mol. The van der Waals surface area contributed by atoms with Crippen molar-refractivity contribution in [3.63, 3.8) is 0 Å². The van der Waals surface area contributed by atoms with Crippen molar-refractivity contribution in [2.24, 2.45) is 17.6 Å². The van der Waals surface area contributed by atoms with Crippen LogP contribution in [0.2, 0.25) is 0 Å². The molecule has 2 saturated heterocycles. The first-order valence-corrected chi connectivity index (χ1v) is 10.0. The van der Waals surface area contributed by atoms with Crippen LogP contribution in [-0.4, -0.2) is 35.5 Å². The van der Waals surface area contributed by atoms with Crippen molar-refractivity contribution in [2.45, 2.75) is 69.6 Å². The highest BCUT2D eigenvalue weighted by atomic mass is 35.5. The normalized spacial score (nSPS) is 32.4. The van der Waals surface area contributed by atoms with E-state index < -0.39 is 0 Å². The molecule has 4 atom stereocenters. The third kappa shape index (κ3) is 4.97. The Morgan fingerprint density at radius 1 is 1.04 bits per heavy atom. The van der Waals surface area contributed by atoms with Gasteiger partial charge in [0.2, 0.25) is 5.91 Å². The van der Waals surface area contributed by atoms with E-state index in [-0.39, 0.29) is 36.6 Å². The highest BCUT2D eigenvalue weighted by Gasteiger charge is 2.42. The van der Waals surface area contributed by atoms with Gasteiger partial charge in [-0.3, -0.25) is 9.69 Å². The van der Waals surface area contributed by atoms with Gasteiger partial charge in [-0.1, -0.05) is 36.8 Å². The Hall–Kier alpha value is -0.810. The first kappa shape index (κ1) is 22.5. The maximum Gasteiger partial charge on any atom is 0.223 e. The van der Waals surface area contributed by atoms with Gasteiger partial charge >= 0.3 is 0 Å². The molecule has 1 aromatic carbocycles. The number of amides is 1. The second-order valence-corrected chi connectivity index (χ2v) is 8.25. The van der Waals surface area contributed by atoms with E-state index in [4.69, 9.17) is 5.73 Å². The van der Waals surface area contributed by atoms with Crippen molar-refractivity contribution >= 4 is 30.7 Å². The first-order valence-electron chi connectivity index (χ1n) is 10.0. The minimum absolute atomic E-state index is 0. The summed E-state index contributed by atoms with van der Waals surface area (Å²) in [6.07, 6.45) is 8.06. The number of nitrogens with zero attached hydrogens (tertiary/aromatic N) is 1. The van der Waals surface area contributed by atoms with E-state index in [1.54, 1.807) is 0 Å². The largest absolute Gasteiger partial charge is 0.353 e. The first-order chi connectivity index (χ1) is 12.2. The minimum atomic E-state index is 0. The summed E-state index contributed by atoms with van der Waals surface area (Å²) in [6, 6.07) is 12.4. The number of nitrogens with two attached hydrogens (primary N) is 1. The molecule has 3 aliphatic rings. The Morgan fingerprint density at radius 2 is 1.70 bits per heavy atom. The number of benzene rings is 1. The van der Waals surface area contributed by atoms with Crippen LogP contribution in [0.15, 0.2) is 30.3 Å². The zero-order chi connectivity index (χ0) is 17.2. The minimum Gasteiger partial charge on any atom is -0.353 e. The highest BCUT2D eigenvalue weighted by Crippen LogP contribution is 2.37. The number of nitrogens with one attached hydrogen (secondary N) is 1. The highest BCUT2D eigenvalue weighted by molar-refractivity contribution is 5.85. The number of hydrogen-bond acceptors (Lipinski definition) is 3. The summed E-state index contributed by atoms with van der Waals surface area (Å²) in [5, 5.41) is 3.39. The molecule has 1 saturated carbocycles. The van der Waals surface area contributed by atoms with E-state index >= 15 is 0 Å². The van der Waals surface area contributed by atoms with Crippen LogP contribution in [0.25, 0.3) is 0 Å². The fraction of sp³-hybridized carbons (Fsp3) is 0.667. The zero-order valence-electron chi connectivity index (χ0n) is 15.9. The predicted molar refractivity (Wildman–Crippen MR) is 114 cm³/mol. The third-order valence-electron chi connectivity index (χ3n) is 6.74. The Kier molecular flexibility index (Phi) is 8.41. The molecule has 2 heterocycles. The lowest BCUT2D eigenvalue weighted by Gasteiger charge is -2.39. The van der Waals surface area contributed by atoms with Gasteiger partial charge < -0.3 is 11.1 Å². The number of carbonyl (C=O) groups excluding carboxylic acids is 1. The van der Waals surface area contributed by atoms with Gasteiger partial charge in [0.05, 0.1) is 0 Å². The lowest BCUT2D eigenvalue weighted by Crippen LogP contribution is -2.51. The molecule has 2 unspecified atom stereocenters. The topological polar surface area (TPSA) is 58.4 Å². The molecule has 2 aliphatic heterocycles. The van der Waals surface area contributed by atoms with Gasteiger partial charge in [0.15, 0.2) is 0 Å². The summed E-state index contributed by atoms with van der Waals surface area (Å²) in [6.45, 7) is 1.70. The Labute approximate surface area is 175 Å². The predicted octanol–water partition coefficient (Wildman–Crippen LogP) is 3.52. The molecule has 152 valence electrons. The summed E-state index contributed by atoms with van der Waals surface area (Å²) >= 11 is 0. The van der Waals surface area contributed by atoms with Crippen LogP contribution in [0.1, 0.15) is 50.5 Å². The van der Waals surface area contributed by atoms with Gasteiger partial charge in [0.25, 0.3) is 0 Å². The summed E-state index contributed by atoms with van der Waals surface area (Å²) in [5.74, 6) is 0.828. The summed E-state index contributed by atoms with van der Waals surface area (Å²) in [4.78, 5) is 15.4. The van der Waals surface area contributed by atoms with E-state index in [2.05, 4.69) is 40.5 Å². The van der Waals surface area contributed by atoms with Crippen LogP contribution < -0.4 is 11.1 Å². The summed E-state index contributed by atoms with van der Waals surface area (Å²) < 4.78 is 0. The van der Waals surface area contributed by atoms with E-state index in [1.165, 1.54) is 18.4 Å². The summed E-state index contributed by atoms with van der Waals surface area (Å²) in [5.41, 5.74) is 7.26. The number of hydrogen-bond donors (Lipinski definition) is 2. The Balaban J connectivity index is 0.00000131. The quantitative estimate of drug-likeness (QED) is 0.775. The third-order valence-corrected chi connectivity index (χ3v) is 6.74. The molecular weight excluding hydrogens is 381 g/mol. The van der Waals surface area contributed by atoms with Gasteiger partial charge in [0, 0.05) is 30.6 Å². The molecule has 4 rings (SSSR count). The van der Waals surface area contributed by atoms with Crippen molar-refractivity contribution in [2.75, 3.05) is 6.54 Å². The van der Waals surface area contributed by atoms with Crippen LogP contribution >= 0.6 is 24.8 Å². The standard InChI is InChI=1S/C21H31N3O.2ClH/c22-13-16-7-4-8-20(16)21(25)23-17-11-18-9-10-19(12-17)24(18)14-15-5-2-1-3-6-15;;/h1-3,5-6,16-20H,4,7-14,22H2,(H,23,25);2*1H/t16-,17?,18?,19?,20-;;/m1../s1. The van der Waals surface area contributed by atoms with Gasteiger partial charge in [0.1, 0.15) is 0 Å². The van der Waals surface area contributed by atoms with Crippen LogP contribution in [0.5, 0.6) is 0 Å². The molecule has 4 nitrogen and oxygen atoms in total. The lowest BCUT2D eigenvalue weighted by atomic mass is 9.92. The summed E-state index contributed by atoms with van der Waals surface area (Å²) in [7, 11) is 0. The van der Waals surface area contributed by atoms with E-state index in [0.717, 1.165) is 38.6 Å². The molecule has 3 N–H and O–H groups in total.